The molecular formula is C17H22N4O3. The third kappa shape index (κ3) is 2.85. The summed E-state index contributed by atoms with van der Waals surface area (Å²) in [6.45, 7) is 4.90. The average molecular weight is 330 g/mol. The Morgan fingerprint density at radius 3 is 2.92 bits per heavy atom. The van der Waals surface area contributed by atoms with E-state index < -0.39 is 6.10 Å². The fourth-order valence-corrected chi connectivity index (χ4v) is 3.41. The first-order valence-corrected chi connectivity index (χ1v) is 8.41. The summed E-state index contributed by atoms with van der Waals surface area (Å²) >= 11 is 0. The molecule has 4 heterocycles. The molecule has 1 N–H and O–H groups in total. The molecule has 0 aliphatic carbocycles. The lowest BCUT2D eigenvalue weighted by Gasteiger charge is -2.39. The predicted molar refractivity (Wildman–Crippen MR) is 87.7 cm³/mol. The molecule has 2 aromatic rings. The molecule has 2 fully saturated rings. The molecule has 2 saturated heterocycles. The van der Waals surface area contributed by atoms with Crippen LogP contribution in [0, 0.1) is 6.92 Å². The highest BCUT2D eigenvalue weighted by Gasteiger charge is 2.32. The largest absolute Gasteiger partial charge is 0.464 e. The highest BCUT2D eigenvalue weighted by atomic mass is 16.4. The molecule has 7 nitrogen and oxygen atoms in total. The first kappa shape index (κ1) is 15.4. The lowest BCUT2D eigenvalue weighted by atomic mass is 10.1. The third-order valence-electron chi connectivity index (χ3n) is 4.81. The van der Waals surface area contributed by atoms with Crippen LogP contribution in [-0.4, -0.2) is 51.9 Å². The van der Waals surface area contributed by atoms with Crippen molar-refractivity contribution in [1.82, 2.24) is 14.7 Å². The number of furan rings is 1. The number of aliphatic hydroxyl groups is 1. The first-order valence-electron chi connectivity index (χ1n) is 8.41. The van der Waals surface area contributed by atoms with Crippen LogP contribution in [0.1, 0.15) is 36.5 Å². The number of carbonyl (C=O) groups is 1. The van der Waals surface area contributed by atoms with Gasteiger partial charge in [0.25, 0.3) is 0 Å². The van der Waals surface area contributed by atoms with Crippen molar-refractivity contribution >= 4 is 11.6 Å². The monoisotopic (exact) mass is 330 g/mol. The van der Waals surface area contributed by atoms with Gasteiger partial charge in [0.15, 0.2) is 0 Å². The minimum absolute atomic E-state index is 0.182. The number of hydrogen-bond acceptors (Lipinski definition) is 5. The second-order valence-corrected chi connectivity index (χ2v) is 6.66. The highest BCUT2D eigenvalue weighted by molar-refractivity contribution is 5.95. The van der Waals surface area contributed by atoms with Crippen LogP contribution in [0.25, 0.3) is 0 Å². The lowest BCUT2D eigenvalue weighted by Crippen LogP contribution is -2.49. The SMILES string of the molecule is Cc1ccc(C(O)CN2CC(n3cc(N4CCCC4=O)cn3)C2)o1. The Kier molecular flexibility index (Phi) is 3.90. The predicted octanol–water partition coefficient (Wildman–Crippen LogP) is 1.50. The molecule has 4 rings (SSSR count). The number of aromatic nitrogens is 2. The molecule has 1 amide bonds. The maximum atomic E-state index is 11.8. The molecule has 2 aliphatic heterocycles. The zero-order chi connectivity index (χ0) is 16.7. The molecule has 2 aromatic heterocycles. The van der Waals surface area contributed by atoms with Crippen molar-refractivity contribution in [3.63, 3.8) is 0 Å². The standard InChI is InChI=1S/C17H22N4O3/c1-12-4-5-16(24-12)15(22)11-19-8-14(9-19)21-10-13(7-18-21)20-6-2-3-17(20)23/h4-5,7,10,14-15,22H,2-3,6,8-9,11H2,1H3. The fraction of sp³-hybridized carbons (Fsp3) is 0.529. The number of nitrogens with zero attached hydrogens (tertiary/aromatic N) is 4. The van der Waals surface area contributed by atoms with Gasteiger partial charge in [-0.2, -0.15) is 5.10 Å². The Hall–Kier alpha value is -2.12. The summed E-state index contributed by atoms with van der Waals surface area (Å²) in [6, 6.07) is 3.98. The van der Waals surface area contributed by atoms with Gasteiger partial charge in [-0.25, -0.2) is 0 Å². The van der Waals surface area contributed by atoms with Gasteiger partial charge in [-0.15, -0.1) is 0 Å². The summed E-state index contributed by atoms with van der Waals surface area (Å²) in [5.41, 5.74) is 0.891. The summed E-state index contributed by atoms with van der Waals surface area (Å²) in [5.74, 6) is 1.61. The summed E-state index contributed by atoms with van der Waals surface area (Å²) in [5, 5.41) is 14.6. The van der Waals surface area contributed by atoms with Crippen LogP contribution in [0.5, 0.6) is 0 Å². The number of aliphatic hydroxyl groups excluding tert-OH is 1. The second kappa shape index (κ2) is 6.07. The summed E-state index contributed by atoms with van der Waals surface area (Å²) < 4.78 is 7.40. The van der Waals surface area contributed by atoms with E-state index in [1.165, 1.54) is 0 Å². The number of amides is 1. The van der Waals surface area contributed by atoms with Crippen molar-refractivity contribution in [3.8, 4) is 0 Å². The number of β-amino-alcohol motifs (C(OH)–C–C–N with tert-alkyl or cyclic N) is 1. The maximum absolute atomic E-state index is 11.8. The Labute approximate surface area is 140 Å². The summed E-state index contributed by atoms with van der Waals surface area (Å²) in [4.78, 5) is 15.8. The van der Waals surface area contributed by atoms with Crippen LogP contribution in [-0.2, 0) is 4.79 Å². The van der Waals surface area contributed by atoms with E-state index in [0.717, 1.165) is 37.5 Å². The molecule has 1 atom stereocenters. The topological polar surface area (TPSA) is 74.7 Å². The van der Waals surface area contributed by atoms with Crippen molar-refractivity contribution < 1.29 is 14.3 Å². The molecular weight excluding hydrogens is 308 g/mol. The highest BCUT2D eigenvalue weighted by Crippen LogP contribution is 2.27. The van der Waals surface area contributed by atoms with Gasteiger partial charge in [0.2, 0.25) is 5.91 Å². The van der Waals surface area contributed by atoms with Crippen LogP contribution >= 0.6 is 0 Å². The van der Waals surface area contributed by atoms with Crippen molar-refractivity contribution in [2.24, 2.45) is 0 Å². The van der Waals surface area contributed by atoms with Crippen LogP contribution in [0.2, 0.25) is 0 Å². The number of carbonyl (C=O) groups excluding carboxylic acids is 1. The van der Waals surface area contributed by atoms with Gasteiger partial charge >= 0.3 is 0 Å². The van der Waals surface area contributed by atoms with Gasteiger partial charge in [-0.3, -0.25) is 14.4 Å². The van der Waals surface area contributed by atoms with Gasteiger partial charge in [0.1, 0.15) is 17.6 Å². The molecule has 24 heavy (non-hydrogen) atoms. The number of aryl methyl sites for hydroxylation is 1. The number of rotatable bonds is 5. The van der Waals surface area contributed by atoms with E-state index >= 15 is 0 Å². The van der Waals surface area contributed by atoms with Gasteiger partial charge in [-0.1, -0.05) is 0 Å². The molecule has 2 aliphatic rings. The molecule has 128 valence electrons. The number of likely N-dealkylation sites (tertiary alicyclic amines) is 1. The molecule has 0 saturated carbocycles. The smallest absolute Gasteiger partial charge is 0.227 e. The van der Waals surface area contributed by atoms with Gasteiger partial charge in [0, 0.05) is 38.8 Å². The quantitative estimate of drug-likeness (QED) is 0.899. The van der Waals surface area contributed by atoms with E-state index in [2.05, 4.69) is 10.00 Å². The summed E-state index contributed by atoms with van der Waals surface area (Å²) in [7, 11) is 0. The van der Waals surface area contributed by atoms with Crippen LogP contribution in [0.15, 0.2) is 28.9 Å². The van der Waals surface area contributed by atoms with Crippen molar-refractivity contribution in [3.05, 3.63) is 36.0 Å². The molecule has 0 aromatic carbocycles. The fourth-order valence-electron chi connectivity index (χ4n) is 3.41. The van der Waals surface area contributed by atoms with E-state index in [1.54, 1.807) is 6.20 Å². The van der Waals surface area contributed by atoms with E-state index in [-0.39, 0.29) is 5.91 Å². The molecule has 0 spiro atoms. The zero-order valence-corrected chi connectivity index (χ0v) is 13.8. The number of hydrogen-bond donors (Lipinski definition) is 1. The minimum atomic E-state index is -0.602. The van der Waals surface area contributed by atoms with Crippen molar-refractivity contribution in [2.45, 2.75) is 31.9 Å². The van der Waals surface area contributed by atoms with Gasteiger partial charge in [-0.05, 0) is 25.5 Å². The van der Waals surface area contributed by atoms with Gasteiger partial charge in [0.05, 0.1) is 17.9 Å². The van der Waals surface area contributed by atoms with Crippen molar-refractivity contribution in [2.75, 3.05) is 31.1 Å². The Morgan fingerprint density at radius 2 is 2.25 bits per heavy atom. The van der Waals surface area contributed by atoms with E-state index in [0.29, 0.717) is 24.8 Å². The van der Waals surface area contributed by atoms with Gasteiger partial charge < -0.3 is 14.4 Å². The van der Waals surface area contributed by atoms with E-state index in [9.17, 15) is 9.90 Å². The third-order valence-corrected chi connectivity index (χ3v) is 4.81. The van der Waals surface area contributed by atoms with E-state index in [4.69, 9.17) is 4.42 Å². The average Bonchev–Trinajstić information content (AvgIpc) is 3.22. The van der Waals surface area contributed by atoms with Crippen LogP contribution in [0.3, 0.4) is 0 Å². The summed E-state index contributed by atoms with van der Waals surface area (Å²) in [6.07, 6.45) is 4.68. The van der Waals surface area contributed by atoms with Crippen LogP contribution in [0.4, 0.5) is 5.69 Å². The zero-order valence-electron chi connectivity index (χ0n) is 13.8. The van der Waals surface area contributed by atoms with Crippen LogP contribution < -0.4 is 4.90 Å². The Balaban J connectivity index is 1.31. The maximum Gasteiger partial charge on any atom is 0.227 e. The minimum Gasteiger partial charge on any atom is -0.464 e. The Morgan fingerprint density at radius 1 is 1.42 bits per heavy atom. The number of anilines is 1. The van der Waals surface area contributed by atoms with Crippen molar-refractivity contribution in [1.29, 1.82) is 0 Å². The molecule has 1 unspecified atom stereocenters. The normalized spacial score (nSPS) is 20.6. The molecule has 7 heteroatoms. The molecule has 0 bridgehead atoms. The molecule has 0 radical (unpaired) electrons. The lowest BCUT2D eigenvalue weighted by molar-refractivity contribution is -0.117. The second-order valence-electron chi connectivity index (χ2n) is 6.66. The first-order chi connectivity index (χ1) is 11.6. The Bertz CT molecular complexity index is 732. The van der Waals surface area contributed by atoms with E-state index in [1.807, 2.05) is 34.8 Å².